The Morgan fingerprint density at radius 2 is 1.70 bits per heavy atom. The molecule has 2 aromatic rings. The fourth-order valence-corrected chi connectivity index (χ4v) is 2.49. The molecule has 0 radical (unpaired) electrons. The van der Waals surface area contributed by atoms with Gasteiger partial charge in [-0.05, 0) is 24.1 Å². The normalized spacial score (nSPS) is 14.4. The van der Waals surface area contributed by atoms with E-state index in [1.807, 2.05) is 18.5 Å². The Kier molecular flexibility index (Phi) is 3.60. The molecule has 20 heavy (non-hydrogen) atoms. The Balaban J connectivity index is 2.03. The van der Waals surface area contributed by atoms with Crippen LogP contribution < -0.4 is 0 Å². The molecule has 1 heterocycles. The lowest BCUT2D eigenvalue weighted by Crippen LogP contribution is -1.93. The summed E-state index contributed by atoms with van der Waals surface area (Å²) in [5, 5.41) is 0. The summed E-state index contributed by atoms with van der Waals surface area (Å²) in [4.78, 5) is 4.21. The van der Waals surface area contributed by atoms with Crippen LogP contribution in [0.5, 0.6) is 0 Å². The van der Waals surface area contributed by atoms with Crippen LogP contribution in [0, 0.1) is 6.92 Å². The Morgan fingerprint density at radius 1 is 0.900 bits per heavy atom. The van der Waals surface area contributed by atoms with Crippen molar-refractivity contribution < 1.29 is 0 Å². The van der Waals surface area contributed by atoms with E-state index in [-0.39, 0.29) is 0 Å². The van der Waals surface area contributed by atoms with Gasteiger partial charge in [-0.2, -0.15) is 0 Å². The van der Waals surface area contributed by atoms with Crippen LogP contribution in [-0.2, 0) is 0 Å². The number of pyridine rings is 1. The minimum atomic E-state index is 0.334. The predicted octanol–water partition coefficient (Wildman–Crippen LogP) is 4.82. The summed E-state index contributed by atoms with van der Waals surface area (Å²) in [7, 11) is 0. The van der Waals surface area contributed by atoms with Gasteiger partial charge in [0.2, 0.25) is 0 Å². The molecular weight excluding hydrogens is 242 g/mol. The molecule has 0 fully saturated rings. The summed E-state index contributed by atoms with van der Waals surface area (Å²) in [5.74, 6) is 0.334. The monoisotopic (exact) mass is 259 g/mol. The van der Waals surface area contributed by atoms with Crippen LogP contribution in [0.25, 0.3) is 11.1 Å². The zero-order valence-corrected chi connectivity index (χ0v) is 11.5. The zero-order valence-electron chi connectivity index (χ0n) is 11.5. The molecule has 0 saturated heterocycles. The Labute approximate surface area is 120 Å². The van der Waals surface area contributed by atoms with E-state index >= 15 is 0 Å². The first-order valence-electron chi connectivity index (χ1n) is 6.86. The van der Waals surface area contributed by atoms with Crippen LogP contribution in [-0.4, -0.2) is 4.98 Å². The first kappa shape index (κ1) is 12.6. The van der Waals surface area contributed by atoms with Gasteiger partial charge in [0.1, 0.15) is 0 Å². The lowest BCUT2D eigenvalue weighted by molar-refractivity contribution is 1.08. The van der Waals surface area contributed by atoms with Crippen molar-refractivity contribution in [3.63, 3.8) is 0 Å². The summed E-state index contributed by atoms with van der Waals surface area (Å²) in [6.07, 6.45) is 16.5. The minimum Gasteiger partial charge on any atom is -0.264 e. The topological polar surface area (TPSA) is 12.9 Å². The van der Waals surface area contributed by atoms with Gasteiger partial charge >= 0.3 is 0 Å². The Bertz CT molecular complexity index is 662. The molecular formula is C19H17N. The maximum absolute atomic E-state index is 4.21. The van der Waals surface area contributed by atoms with Crippen molar-refractivity contribution in [1.29, 1.82) is 0 Å². The number of hydrogen-bond acceptors (Lipinski definition) is 1. The smallest absolute Gasteiger partial charge is 0.0346 e. The first-order chi connectivity index (χ1) is 9.83. The van der Waals surface area contributed by atoms with Gasteiger partial charge in [-0.25, -0.2) is 0 Å². The number of aryl methyl sites for hydroxylation is 1. The summed E-state index contributed by atoms with van der Waals surface area (Å²) in [5.41, 5.74) is 4.99. The third-order valence-electron chi connectivity index (χ3n) is 3.45. The van der Waals surface area contributed by atoms with Crippen molar-refractivity contribution >= 4 is 0 Å². The molecule has 1 nitrogen and oxygen atoms in total. The third-order valence-corrected chi connectivity index (χ3v) is 3.45. The maximum atomic E-state index is 4.21. The van der Waals surface area contributed by atoms with Crippen LogP contribution in [0.3, 0.4) is 0 Å². The standard InChI is InChI=1S/C19H17N/c1-15-11-18(16-7-4-2-3-5-8-16)13-19(12-15)17-9-6-10-20-14-17/h2-14,16H,1H3. The SMILES string of the molecule is Cc1cc(-c2cccnc2)cc(C2C=CC=CC=C2)c1. The largest absolute Gasteiger partial charge is 0.264 e. The average molecular weight is 259 g/mol. The van der Waals surface area contributed by atoms with Crippen molar-refractivity contribution in [3.05, 3.63) is 90.3 Å². The number of allylic oxidation sites excluding steroid dienone is 6. The molecule has 1 aliphatic carbocycles. The molecule has 98 valence electrons. The molecule has 1 aromatic carbocycles. The van der Waals surface area contributed by atoms with E-state index in [1.54, 1.807) is 0 Å². The van der Waals surface area contributed by atoms with Crippen LogP contribution >= 0.6 is 0 Å². The lowest BCUT2D eigenvalue weighted by Gasteiger charge is -2.12. The number of benzene rings is 1. The molecule has 0 amide bonds. The number of nitrogens with zero attached hydrogens (tertiary/aromatic N) is 1. The molecule has 0 N–H and O–H groups in total. The highest BCUT2D eigenvalue weighted by molar-refractivity contribution is 5.64. The number of rotatable bonds is 2. The van der Waals surface area contributed by atoms with Gasteiger partial charge in [0.15, 0.2) is 0 Å². The molecule has 0 saturated carbocycles. The maximum Gasteiger partial charge on any atom is 0.0346 e. The number of aromatic nitrogens is 1. The molecule has 0 unspecified atom stereocenters. The van der Waals surface area contributed by atoms with Crippen LogP contribution in [0.1, 0.15) is 17.0 Å². The summed E-state index contributed by atoms with van der Waals surface area (Å²) in [6, 6.07) is 10.8. The number of hydrogen-bond donors (Lipinski definition) is 0. The lowest BCUT2D eigenvalue weighted by atomic mass is 9.93. The second-order valence-electron chi connectivity index (χ2n) is 5.05. The van der Waals surface area contributed by atoms with Crippen molar-refractivity contribution in [2.75, 3.05) is 0 Å². The van der Waals surface area contributed by atoms with Gasteiger partial charge in [0.25, 0.3) is 0 Å². The van der Waals surface area contributed by atoms with E-state index in [2.05, 4.69) is 72.6 Å². The molecule has 0 spiro atoms. The van der Waals surface area contributed by atoms with Gasteiger partial charge < -0.3 is 0 Å². The van der Waals surface area contributed by atoms with E-state index in [0.717, 1.165) is 5.56 Å². The second kappa shape index (κ2) is 5.70. The quantitative estimate of drug-likeness (QED) is 0.753. The summed E-state index contributed by atoms with van der Waals surface area (Å²) in [6.45, 7) is 2.14. The van der Waals surface area contributed by atoms with Gasteiger partial charge in [0.05, 0.1) is 0 Å². The Hall–Kier alpha value is -2.41. The first-order valence-corrected chi connectivity index (χ1v) is 6.86. The van der Waals surface area contributed by atoms with Crippen molar-refractivity contribution in [1.82, 2.24) is 4.98 Å². The molecule has 0 atom stereocenters. The minimum absolute atomic E-state index is 0.334. The van der Waals surface area contributed by atoms with Crippen molar-refractivity contribution in [2.45, 2.75) is 12.8 Å². The highest BCUT2D eigenvalue weighted by Crippen LogP contribution is 2.27. The second-order valence-corrected chi connectivity index (χ2v) is 5.05. The molecule has 1 aliphatic rings. The zero-order chi connectivity index (χ0) is 13.8. The third kappa shape index (κ3) is 2.77. The molecule has 1 heteroatoms. The van der Waals surface area contributed by atoms with Gasteiger partial charge in [-0.1, -0.05) is 66.3 Å². The van der Waals surface area contributed by atoms with E-state index in [4.69, 9.17) is 0 Å². The van der Waals surface area contributed by atoms with E-state index in [0.29, 0.717) is 5.92 Å². The van der Waals surface area contributed by atoms with Gasteiger partial charge in [-0.15, -0.1) is 0 Å². The predicted molar refractivity (Wildman–Crippen MR) is 84.6 cm³/mol. The summed E-state index contributed by atoms with van der Waals surface area (Å²) < 4.78 is 0. The van der Waals surface area contributed by atoms with Crippen molar-refractivity contribution in [2.24, 2.45) is 0 Å². The highest BCUT2D eigenvalue weighted by Gasteiger charge is 2.08. The van der Waals surface area contributed by atoms with Crippen LogP contribution in [0.2, 0.25) is 0 Å². The highest BCUT2D eigenvalue weighted by atomic mass is 14.6. The molecule has 3 rings (SSSR count). The van der Waals surface area contributed by atoms with E-state index in [1.165, 1.54) is 16.7 Å². The fraction of sp³-hybridized carbons (Fsp3) is 0.105. The fourth-order valence-electron chi connectivity index (χ4n) is 2.49. The Morgan fingerprint density at radius 3 is 2.40 bits per heavy atom. The van der Waals surface area contributed by atoms with Gasteiger partial charge in [0, 0.05) is 23.9 Å². The molecule has 0 bridgehead atoms. The summed E-state index contributed by atoms with van der Waals surface area (Å²) >= 11 is 0. The van der Waals surface area contributed by atoms with Crippen LogP contribution in [0.15, 0.2) is 79.2 Å². The molecule has 1 aromatic heterocycles. The van der Waals surface area contributed by atoms with Crippen LogP contribution in [0.4, 0.5) is 0 Å². The van der Waals surface area contributed by atoms with Crippen molar-refractivity contribution in [3.8, 4) is 11.1 Å². The van der Waals surface area contributed by atoms with E-state index in [9.17, 15) is 0 Å². The molecule has 0 aliphatic heterocycles. The van der Waals surface area contributed by atoms with Gasteiger partial charge in [-0.3, -0.25) is 4.98 Å². The average Bonchev–Trinajstić information content (AvgIpc) is 2.77. The van der Waals surface area contributed by atoms with E-state index < -0.39 is 0 Å².